The number of carbonyl (C=O) groups is 1. The van der Waals surface area contributed by atoms with Gasteiger partial charge in [0.1, 0.15) is 0 Å². The van der Waals surface area contributed by atoms with E-state index in [1.165, 1.54) is 11.3 Å². The Morgan fingerprint density at radius 3 is 2.57 bits per heavy atom. The van der Waals surface area contributed by atoms with Crippen molar-refractivity contribution in [1.29, 1.82) is 0 Å². The molecular weight excluding hydrogens is 262 g/mol. The predicted molar refractivity (Wildman–Crippen MR) is 83.4 cm³/mol. The highest BCUT2D eigenvalue weighted by Crippen LogP contribution is 2.33. The third kappa shape index (κ3) is 2.64. The van der Waals surface area contributed by atoms with Gasteiger partial charge in [0.05, 0.1) is 5.56 Å². The van der Waals surface area contributed by atoms with Crippen molar-refractivity contribution in [3.05, 3.63) is 65.7 Å². The Kier molecular flexibility index (Phi) is 3.65. The highest BCUT2D eigenvalue weighted by atomic mass is 16.6. The van der Waals surface area contributed by atoms with Gasteiger partial charge in [0.25, 0.3) is 0 Å². The van der Waals surface area contributed by atoms with Crippen LogP contribution in [0.4, 0.5) is 5.69 Å². The zero-order valence-corrected chi connectivity index (χ0v) is 12.3. The largest absolute Gasteiger partial charge is 0.438 e. The van der Waals surface area contributed by atoms with E-state index in [9.17, 15) is 4.79 Å². The van der Waals surface area contributed by atoms with E-state index in [1.807, 2.05) is 31.2 Å². The number of nitrogens with zero attached hydrogens (tertiary/aromatic N) is 1. The summed E-state index contributed by atoms with van der Waals surface area (Å²) >= 11 is 0. The van der Waals surface area contributed by atoms with Crippen molar-refractivity contribution in [2.75, 3.05) is 4.90 Å². The molecule has 0 aliphatic carbocycles. The number of hydrogen-bond donors (Lipinski definition) is 0. The molecule has 108 valence electrons. The van der Waals surface area contributed by atoms with E-state index in [-0.39, 0.29) is 12.2 Å². The summed E-state index contributed by atoms with van der Waals surface area (Å²) in [6, 6.07) is 17.8. The minimum atomic E-state index is -0.281. The number of carbonyl (C=O) groups excluding carboxylic acids is 1. The normalized spacial score (nSPS) is 18.2. The average Bonchev–Trinajstić information content (AvgIpc) is 2.83. The van der Waals surface area contributed by atoms with Gasteiger partial charge in [0, 0.05) is 11.7 Å². The number of esters is 1. The number of fused-ring (bicyclic) bond motifs is 1. The van der Waals surface area contributed by atoms with Crippen LogP contribution >= 0.6 is 0 Å². The van der Waals surface area contributed by atoms with Crippen LogP contribution in [0.1, 0.15) is 29.8 Å². The molecule has 0 bridgehead atoms. The third-order valence-corrected chi connectivity index (χ3v) is 3.94. The second-order valence-electron chi connectivity index (χ2n) is 5.46. The highest BCUT2D eigenvalue weighted by molar-refractivity contribution is 5.89. The van der Waals surface area contributed by atoms with Crippen molar-refractivity contribution < 1.29 is 9.53 Å². The monoisotopic (exact) mass is 281 g/mol. The first-order valence-corrected chi connectivity index (χ1v) is 7.29. The maximum Gasteiger partial charge on any atom is 0.340 e. The molecule has 3 rings (SSSR count). The lowest BCUT2D eigenvalue weighted by atomic mass is 10.1. The Morgan fingerprint density at radius 1 is 1.14 bits per heavy atom. The van der Waals surface area contributed by atoms with Crippen LogP contribution < -0.4 is 4.90 Å². The average molecular weight is 281 g/mol. The van der Waals surface area contributed by atoms with Gasteiger partial charge in [-0.15, -0.1) is 0 Å². The molecule has 0 N–H and O–H groups in total. The molecule has 0 fully saturated rings. The van der Waals surface area contributed by atoms with Gasteiger partial charge in [0.2, 0.25) is 0 Å². The van der Waals surface area contributed by atoms with E-state index in [0.29, 0.717) is 11.6 Å². The Balaban J connectivity index is 1.77. The minimum Gasteiger partial charge on any atom is -0.438 e. The predicted octanol–water partition coefficient (Wildman–Crippen LogP) is 3.64. The van der Waals surface area contributed by atoms with E-state index < -0.39 is 0 Å². The van der Waals surface area contributed by atoms with Crippen LogP contribution in [0, 0.1) is 0 Å². The zero-order chi connectivity index (χ0) is 14.8. The molecule has 2 atom stereocenters. The molecular formula is C18H19NO2. The standard InChI is InChI=1S/C18H19NO2/c1-13-12-16-10-6-7-11-17(16)19(13)14(2)21-18(20)15-8-4-3-5-9-15/h3-11,13-14H,12H2,1-2H3. The van der Waals surface area contributed by atoms with E-state index in [1.54, 1.807) is 12.1 Å². The number of ether oxygens (including phenoxy) is 1. The van der Waals surface area contributed by atoms with Crippen molar-refractivity contribution in [2.24, 2.45) is 0 Å². The highest BCUT2D eigenvalue weighted by Gasteiger charge is 2.31. The van der Waals surface area contributed by atoms with Gasteiger partial charge in [-0.3, -0.25) is 0 Å². The van der Waals surface area contributed by atoms with Crippen molar-refractivity contribution in [1.82, 2.24) is 0 Å². The number of rotatable bonds is 3. The van der Waals surface area contributed by atoms with Crippen LogP contribution in [0.3, 0.4) is 0 Å². The molecule has 0 aromatic heterocycles. The van der Waals surface area contributed by atoms with Crippen LogP contribution in [-0.4, -0.2) is 18.2 Å². The summed E-state index contributed by atoms with van der Waals surface area (Å²) in [5.41, 5.74) is 3.07. The summed E-state index contributed by atoms with van der Waals surface area (Å²) in [4.78, 5) is 14.4. The van der Waals surface area contributed by atoms with Gasteiger partial charge in [0.15, 0.2) is 6.23 Å². The molecule has 21 heavy (non-hydrogen) atoms. The van der Waals surface area contributed by atoms with Crippen molar-refractivity contribution in [3.8, 4) is 0 Å². The summed E-state index contributed by atoms with van der Waals surface area (Å²) in [7, 11) is 0. The van der Waals surface area contributed by atoms with Crippen molar-refractivity contribution >= 4 is 11.7 Å². The summed E-state index contributed by atoms with van der Waals surface area (Å²) in [5, 5.41) is 0. The second-order valence-corrected chi connectivity index (χ2v) is 5.46. The lowest BCUT2D eigenvalue weighted by Gasteiger charge is -2.31. The van der Waals surface area contributed by atoms with Gasteiger partial charge in [-0.05, 0) is 44.0 Å². The van der Waals surface area contributed by atoms with Gasteiger partial charge in [-0.1, -0.05) is 36.4 Å². The molecule has 0 radical (unpaired) electrons. The Morgan fingerprint density at radius 2 is 1.81 bits per heavy atom. The summed E-state index contributed by atoms with van der Waals surface area (Å²) in [6.45, 7) is 4.09. The fourth-order valence-electron chi connectivity index (χ4n) is 3.00. The molecule has 1 heterocycles. The van der Waals surface area contributed by atoms with Crippen LogP contribution in [-0.2, 0) is 11.2 Å². The minimum absolute atomic E-state index is 0.278. The van der Waals surface area contributed by atoms with Crippen LogP contribution in [0.5, 0.6) is 0 Å². The van der Waals surface area contributed by atoms with Gasteiger partial charge in [-0.25, -0.2) is 4.79 Å². The molecule has 2 unspecified atom stereocenters. The lowest BCUT2D eigenvalue weighted by Crippen LogP contribution is -2.40. The quantitative estimate of drug-likeness (QED) is 0.804. The summed E-state index contributed by atoms with van der Waals surface area (Å²) in [6.07, 6.45) is 0.708. The fraction of sp³-hybridized carbons (Fsp3) is 0.278. The van der Waals surface area contributed by atoms with E-state index in [2.05, 4.69) is 30.0 Å². The maximum absolute atomic E-state index is 12.2. The molecule has 0 amide bonds. The van der Waals surface area contributed by atoms with Gasteiger partial charge >= 0.3 is 5.97 Å². The molecule has 0 spiro atoms. The summed E-state index contributed by atoms with van der Waals surface area (Å²) < 4.78 is 5.63. The third-order valence-electron chi connectivity index (χ3n) is 3.94. The molecule has 2 aromatic rings. The molecule has 1 aliphatic rings. The molecule has 3 nitrogen and oxygen atoms in total. The van der Waals surface area contributed by atoms with Crippen LogP contribution in [0.25, 0.3) is 0 Å². The number of para-hydroxylation sites is 1. The lowest BCUT2D eigenvalue weighted by molar-refractivity contribution is 0.0325. The van der Waals surface area contributed by atoms with Crippen molar-refractivity contribution in [3.63, 3.8) is 0 Å². The smallest absolute Gasteiger partial charge is 0.340 e. The molecule has 1 aliphatic heterocycles. The molecule has 0 saturated carbocycles. The Labute approximate surface area is 125 Å². The topological polar surface area (TPSA) is 29.5 Å². The first-order chi connectivity index (χ1) is 10.2. The maximum atomic E-state index is 12.2. The van der Waals surface area contributed by atoms with E-state index >= 15 is 0 Å². The Bertz CT molecular complexity index is 639. The van der Waals surface area contributed by atoms with Crippen molar-refractivity contribution in [2.45, 2.75) is 32.5 Å². The van der Waals surface area contributed by atoms with Crippen LogP contribution in [0.2, 0.25) is 0 Å². The fourth-order valence-corrected chi connectivity index (χ4v) is 3.00. The van der Waals surface area contributed by atoms with Crippen LogP contribution in [0.15, 0.2) is 54.6 Å². The number of anilines is 1. The van der Waals surface area contributed by atoms with E-state index in [0.717, 1.165) is 6.42 Å². The molecule has 0 saturated heterocycles. The second kappa shape index (κ2) is 5.60. The first-order valence-electron chi connectivity index (χ1n) is 7.29. The number of hydrogen-bond acceptors (Lipinski definition) is 3. The number of benzene rings is 2. The summed E-state index contributed by atoms with van der Waals surface area (Å²) in [5.74, 6) is -0.278. The first kappa shape index (κ1) is 13.7. The van der Waals surface area contributed by atoms with Gasteiger partial charge < -0.3 is 9.64 Å². The van der Waals surface area contributed by atoms with Gasteiger partial charge in [-0.2, -0.15) is 0 Å². The zero-order valence-electron chi connectivity index (χ0n) is 12.3. The van der Waals surface area contributed by atoms with E-state index in [4.69, 9.17) is 4.74 Å². The molecule has 3 heteroatoms. The molecule has 2 aromatic carbocycles. The Hall–Kier alpha value is -2.29. The SMILES string of the molecule is CC1Cc2ccccc2N1C(C)OC(=O)c1ccccc1.